The monoisotopic (exact) mass is 589 g/mol. The number of Topliss-reactive ketones (excluding diaryl/α,β-unsaturated/α-hetero) is 1. The van der Waals surface area contributed by atoms with Gasteiger partial charge in [-0.05, 0) is 75.4 Å². The minimum absolute atomic E-state index is 0.0585. The summed E-state index contributed by atoms with van der Waals surface area (Å²) in [5.74, 6) is -2.46. The summed E-state index contributed by atoms with van der Waals surface area (Å²) < 4.78 is 55.9. The molecule has 1 unspecified atom stereocenters. The number of imidazole rings is 1. The van der Waals surface area contributed by atoms with Crippen LogP contribution in [-0.4, -0.2) is 34.5 Å². The molecule has 0 radical (unpaired) electrons. The normalized spacial score (nSPS) is 12.9. The lowest BCUT2D eigenvalue weighted by Gasteiger charge is -2.30. The average Bonchev–Trinajstić information content (AvgIpc) is 3.69. The Morgan fingerprint density at radius 2 is 1.88 bits per heavy atom. The highest BCUT2D eigenvalue weighted by atomic mass is 19.2. The largest absolute Gasteiger partial charge is 0.454 e. The Hall–Kier alpha value is -4.37. The van der Waals surface area contributed by atoms with Crippen LogP contribution in [0.3, 0.4) is 0 Å². The molecule has 0 spiro atoms. The van der Waals surface area contributed by atoms with E-state index in [1.807, 2.05) is 18.2 Å². The van der Waals surface area contributed by atoms with Crippen molar-refractivity contribution in [2.75, 3.05) is 13.7 Å². The standard InChI is InChI=1S/C34H34F3N3O3/c1-20(41)9-10-22-7-5-8-23(17-22)34(3,14-6-16-42-4)28-19-39-33(40-28)26-18-24(11-12-27(26)35)43-32-21(2)25-13-15-38-31(25)29(36)30(32)37/h5,7-8,11-13,15,17-19,38H,6,9-10,14,16H2,1-4H3,(H,39,40). The zero-order chi connectivity index (χ0) is 30.7. The van der Waals surface area contributed by atoms with Crippen molar-refractivity contribution in [3.8, 4) is 22.9 Å². The summed E-state index contributed by atoms with van der Waals surface area (Å²) in [6, 6.07) is 13.8. The van der Waals surface area contributed by atoms with Crippen molar-refractivity contribution in [2.24, 2.45) is 0 Å². The van der Waals surface area contributed by atoms with Crippen LogP contribution in [0.2, 0.25) is 0 Å². The molecule has 2 heterocycles. The van der Waals surface area contributed by atoms with Crippen LogP contribution in [-0.2, 0) is 21.4 Å². The predicted molar refractivity (Wildman–Crippen MR) is 160 cm³/mol. The Morgan fingerprint density at radius 1 is 1.07 bits per heavy atom. The summed E-state index contributed by atoms with van der Waals surface area (Å²) >= 11 is 0. The lowest BCUT2D eigenvalue weighted by Crippen LogP contribution is -2.25. The number of ketones is 1. The van der Waals surface area contributed by atoms with E-state index in [0.29, 0.717) is 30.4 Å². The van der Waals surface area contributed by atoms with E-state index >= 15 is 4.39 Å². The lowest BCUT2D eigenvalue weighted by molar-refractivity contribution is -0.116. The number of ether oxygens (including phenoxy) is 2. The van der Waals surface area contributed by atoms with Crippen molar-refractivity contribution in [3.63, 3.8) is 0 Å². The molecule has 0 bridgehead atoms. The summed E-state index contributed by atoms with van der Waals surface area (Å²) in [4.78, 5) is 22.1. The Balaban J connectivity index is 1.49. The van der Waals surface area contributed by atoms with Gasteiger partial charge in [0.05, 0.1) is 11.1 Å². The van der Waals surface area contributed by atoms with E-state index in [1.165, 1.54) is 24.4 Å². The minimum atomic E-state index is -1.13. The van der Waals surface area contributed by atoms with Gasteiger partial charge in [-0.25, -0.2) is 13.8 Å². The number of rotatable bonds is 12. The van der Waals surface area contributed by atoms with Gasteiger partial charge in [-0.1, -0.05) is 24.3 Å². The van der Waals surface area contributed by atoms with Gasteiger partial charge in [-0.3, -0.25) is 0 Å². The third-order valence-corrected chi connectivity index (χ3v) is 8.04. The van der Waals surface area contributed by atoms with Crippen LogP contribution in [0.1, 0.15) is 55.5 Å². The van der Waals surface area contributed by atoms with Crippen molar-refractivity contribution in [3.05, 3.63) is 101 Å². The van der Waals surface area contributed by atoms with Crippen LogP contribution in [0, 0.1) is 24.4 Å². The van der Waals surface area contributed by atoms with Gasteiger partial charge in [-0.15, -0.1) is 0 Å². The molecular weight excluding hydrogens is 555 g/mol. The van der Waals surface area contributed by atoms with E-state index < -0.39 is 22.9 Å². The quantitative estimate of drug-likeness (QED) is 0.143. The number of nitrogens with zero attached hydrogens (tertiary/aromatic N) is 1. The van der Waals surface area contributed by atoms with Crippen LogP contribution in [0.15, 0.2) is 60.9 Å². The van der Waals surface area contributed by atoms with Crippen LogP contribution in [0.25, 0.3) is 22.3 Å². The fraction of sp³-hybridized carbons (Fsp3) is 0.294. The summed E-state index contributed by atoms with van der Waals surface area (Å²) in [5.41, 5.74) is 2.93. The van der Waals surface area contributed by atoms with E-state index in [2.05, 4.69) is 27.9 Å². The van der Waals surface area contributed by atoms with Gasteiger partial charge < -0.3 is 24.2 Å². The van der Waals surface area contributed by atoms with Crippen molar-refractivity contribution < 1.29 is 27.4 Å². The summed E-state index contributed by atoms with van der Waals surface area (Å²) in [5, 5.41) is 0.491. The molecule has 224 valence electrons. The van der Waals surface area contributed by atoms with Gasteiger partial charge >= 0.3 is 0 Å². The van der Waals surface area contributed by atoms with Gasteiger partial charge in [-0.2, -0.15) is 4.39 Å². The third-order valence-electron chi connectivity index (χ3n) is 8.04. The molecule has 1 atom stereocenters. The Kier molecular flexibility index (Phi) is 8.73. The van der Waals surface area contributed by atoms with Gasteiger partial charge in [0, 0.05) is 54.6 Å². The number of aryl methyl sites for hydroxylation is 2. The molecule has 0 fully saturated rings. The number of nitrogens with one attached hydrogen (secondary N) is 2. The maximum absolute atomic E-state index is 15.2. The number of benzene rings is 3. The SMILES string of the molecule is COCCCC(C)(c1cccc(CCC(C)=O)c1)c1cnc(-c2cc(Oc3c(F)c(F)c4[nH]ccc4c3C)ccc2F)[nH]1. The number of carbonyl (C=O) groups excluding carboxylic acids is 1. The molecule has 5 rings (SSSR count). The predicted octanol–water partition coefficient (Wildman–Crippen LogP) is 8.33. The van der Waals surface area contributed by atoms with Gasteiger partial charge in [0.25, 0.3) is 0 Å². The number of methoxy groups -OCH3 is 1. The van der Waals surface area contributed by atoms with Gasteiger partial charge in [0.15, 0.2) is 11.6 Å². The second-order valence-corrected chi connectivity index (χ2v) is 11.1. The summed E-state index contributed by atoms with van der Waals surface area (Å²) in [6.45, 7) is 5.88. The smallest absolute Gasteiger partial charge is 0.203 e. The first kappa shape index (κ1) is 30.1. The first-order valence-corrected chi connectivity index (χ1v) is 14.2. The number of hydrogen-bond donors (Lipinski definition) is 2. The Morgan fingerprint density at radius 3 is 2.65 bits per heavy atom. The molecule has 6 nitrogen and oxygen atoms in total. The van der Waals surface area contributed by atoms with Crippen LogP contribution in [0.4, 0.5) is 13.2 Å². The molecule has 5 aromatic rings. The molecular formula is C34H34F3N3O3. The minimum Gasteiger partial charge on any atom is -0.454 e. The number of H-pyrrole nitrogens is 2. The average molecular weight is 590 g/mol. The van der Waals surface area contributed by atoms with Crippen molar-refractivity contribution in [2.45, 2.75) is 51.9 Å². The number of halogens is 3. The summed E-state index contributed by atoms with van der Waals surface area (Å²) in [7, 11) is 1.66. The summed E-state index contributed by atoms with van der Waals surface area (Å²) in [6.07, 6.45) is 5.81. The van der Waals surface area contributed by atoms with Crippen LogP contribution >= 0.6 is 0 Å². The van der Waals surface area contributed by atoms with E-state index in [9.17, 15) is 13.6 Å². The molecule has 0 aliphatic rings. The number of fused-ring (bicyclic) bond motifs is 1. The maximum atomic E-state index is 15.2. The van der Waals surface area contributed by atoms with Crippen LogP contribution < -0.4 is 4.74 Å². The third kappa shape index (κ3) is 6.08. The molecule has 3 aromatic carbocycles. The second-order valence-electron chi connectivity index (χ2n) is 11.1. The Bertz CT molecular complexity index is 1780. The van der Waals surface area contributed by atoms with E-state index in [1.54, 1.807) is 33.2 Å². The highest BCUT2D eigenvalue weighted by Crippen LogP contribution is 2.39. The topological polar surface area (TPSA) is 80.0 Å². The maximum Gasteiger partial charge on any atom is 0.203 e. The van der Waals surface area contributed by atoms with Crippen molar-refractivity contribution in [1.29, 1.82) is 0 Å². The molecule has 2 N–H and O–H groups in total. The van der Waals surface area contributed by atoms with E-state index in [4.69, 9.17) is 9.47 Å². The number of aromatic nitrogens is 3. The number of aromatic amines is 2. The molecule has 43 heavy (non-hydrogen) atoms. The molecule has 0 amide bonds. The Labute approximate surface area is 248 Å². The zero-order valence-corrected chi connectivity index (χ0v) is 24.6. The zero-order valence-electron chi connectivity index (χ0n) is 24.6. The van der Waals surface area contributed by atoms with Crippen LogP contribution in [0.5, 0.6) is 11.5 Å². The highest BCUT2D eigenvalue weighted by molar-refractivity contribution is 5.86. The fourth-order valence-electron chi connectivity index (χ4n) is 5.48. The van der Waals surface area contributed by atoms with Gasteiger partial charge in [0.2, 0.25) is 5.82 Å². The molecule has 2 aromatic heterocycles. The lowest BCUT2D eigenvalue weighted by atomic mass is 9.75. The van der Waals surface area contributed by atoms with E-state index in [-0.39, 0.29) is 34.2 Å². The number of hydrogen-bond acceptors (Lipinski definition) is 4. The van der Waals surface area contributed by atoms with Crippen molar-refractivity contribution >= 4 is 16.7 Å². The molecule has 0 aliphatic carbocycles. The second kappa shape index (κ2) is 12.5. The molecule has 9 heteroatoms. The van der Waals surface area contributed by atoms with Gasteiger partial charge in [0.1, 0.15) is 23.2 Å². The highest BCUT2D eigenvalue weighted by Gasteiger charge is 2.31. The van der Waals surface area contributed by atoms with E-state index in [0.717, 1.165) is 29.7 Å². The number of carbonyl (C=O) groups is 1. The first-order chi connectivity index (χ1) is 20.6. The molecule has 0 aliphatic heterocycles. The first-order valence-electron chi connectivity index (χ1n) is 14.2. The molecule has 0 saturated heterocycles. The van der Waals surface area contributed by atoms with Crippen molar-refractivity contribution in [1.82, 2.24) is 15.0 Å². The fourth-order valence-corrected chi connectivity index (χ4v) is 5.48. The molecule has 0 saturated carbocycles.